The average Bonchev–Trinajstić information content (AvgIpc) is 3.39. The van der Waals surface area contributed by atoms with Crippen LogP contribution in [0.3, 0.4) is 0 Å². The van der Waals surface area contributed by atoms with Crippen molar-refractivity contribution in [3.05, 3.63) is 35.4 Å². The van der Waals surface area contributed by atoms with E-state index in [1.165, 1.54) is 11.1 Å². The maximum Gasteiger partial charge on any atom is 0.237 e. The third-order valence-electron chi connectivity index (χ3n) is 5.31. The van der Waals surface area contributed by atoms with Gasteiger partial charge in [0.2, 0.25) is 5.91 Å². The number of carbonyl (C=O) groups excluding carboxylic acids is 1. The number of amides is 1. The minimum atomic E-state index is -0.00178. The third kappa shape index (κ3) is 4.58. The van der Waals surface area contributed by atoms with Crippen molar-refractivity contribution in [3.63, 3.8) is 0 Å². The van der Waals surface area contributed by atoms with Crippen molar-refractivity contribution in [2.45, 2.75) is 58.2 Å². The van der Waals surface area contributed by atoms with E-state index in [1.54, 1.807) is 0 Å². The van der Waals surface area contributed by atoms with Gasteiger partial charge in [0.05, 0.1) is 6.04 Å². The molecule has 1 aromatic carbocycles. The maximum atomic E-state index is 12.2. The van der Waals surface area contributed by atoms with E-state index >= 15 is 0 Å². The molecule has 1 aliphatic heterocycles. The van der Waals surface area contributed by atoms with Gasteiger partial charge in [-0.2, -0.15) is 0 Å². The molecule has 1 heterocycles. The summed E-state index contributed by atoms with van der Waals surface area (Å²) < 4.78 is 0. The average molecular weight is 329 g/mol. The fraction of sp³-hybridized carbons (Fsp3) is 0.650. The summed E-state index contributed by atoms with van der Waals surface area (Å²) in [7, 11) is 0. The number of nitrogens with zero attached hydrogens (tertiary/aromatic N) is 2. The second-order valence-corrected chi connectivity index (χ2v) is 7.67. The number of hydrogen-bond acceptors (Lipinski definition) is 3. The summed E-state index contributed by atoms with van der Waals surface area (Å²) in [5.41, 5.74) is 2.78. The molecule has 1 atom stereocenters. The van der Waals surface area contributed by atoms with Crippen molar-refractivity contribution in [1.29, 1.82) is 0 Å². The molecule has 2 aliphatic rings. The molecule has 1 saturated heterocycles. The van der Waals surface area contributed by atoms with Crippen LogP contribution in [0.1, 0.15) is 50.7 Å². The van der Waals surface area contributed by atoms with Crippen LogP contribution in [0.2, 0.25) is 0 Å². The van der Waals surface area contributed by atoms with Gasteiger partial charge in [-0.3, -0.25) is 14.6 Å². The third-order valence-corrected chi connectivity index (χ3v) is 5.31. The Kier molecular flexibility index (Phi) is 5.57. The highest BCUT2D eigenvalue weighted by molar-refractivity contribution is 5.81. The summed E-state index contributed by atoms with van der Waals surface area (Å²) in [6.45, 7) is 11.5. The Balaban J connectivity index is 1.45. The molecule has 4 heteroatoms. The van der Waals surface area contributed by atoms with Crippen molar-refractivity contribution < 1.29 is 4.79 Å². The Labute approximate surface area is 146 Å². The molecular weight excluding hydrogens is 298 g/mol. The Morgan fingerprint density at radius 1 is 1.08 bits per heavy atom. The van der Waals surface area contributed by atoms with E-state index in [-0.39, 0.29) is 11.9 Å². The molecule has 0 bridgehead atoms. The van der Waals surface area contributed by atoms with Gasteiger partial charge in [0, 0.05) is 38.8 Å². The van der Waals surface area contributed by atoms with Crippen LogP contribution >= 0.6 is 0 Å². The van der Waals surface area contributed by atoms with Crippen LogP contribution in [0, 0.1) is 0 Å². The largest absolute Gasteiger partial charge is 0.352 e. The normalized spacial score (nSPS) is 21.0. The highest BCUT2D eigenvalue weighted by atomic mass is 16.2. The second kappa shape index (κ2) is 7.66. The van der Waals surface area contributed by atoms with E-state index in [2.05, 4.69) is 53.2 Å². The number of carbonyl (C=O) groups is 1. The molecule has 0 unspecified atom stereocenters. The maximum absolute atomic E-state index is 12.2. The highest BCUT2D eigenvalue weighted by Gasteiger charge is 2.29. The fourth-order valence-electron chi connectivity index (χ4n) is 3.29. The summed E-state index contributed by atoms with van der Waals surface area (Å²) in [5.74, 6) is 0.793. The molecule has 1 saturated carbocycles. The summed E-state index contributed by atoms with van der Waals surface area (Å²) in [6, 6.07) is 9.47. The van der Waals surface area contributed by atoms with Gasteiger partial charge in [0.1, 0.15) is 0 Å². The lowest BCUT2D eigenvalue weighted by Gasteiger charge is -2.37. The van der Waals surface area contributed by atoms with Gasteiger partial charge in [-0.1, -0.05) is 38.1 Å². The Bertz CT molecular complexity index is 543. The lowest BCUT2D eigenvalue weighted by atomic mass is 10.0. The first-order valence-electron chi connectivity index (χ1n) is 9.38. The van der Waals surface area contributed by atoms with E-state index in [0.29, 0.717) is 12.0 Å². The minimum Gasteiger partial charge on any atom is -0.352 e. The van der Waals surface area contributed by atoms with Gasteiger partial charge in [0.25, 0.3) is 0 Å². The quantitative estimate of drug-likeness (QED) is 0.871. The molecule has 1 amide bonds. The van der Waals surface area contributed by atoms with Crippen LogP contribution in [0.25, 0.3) is 0 Å². The zero-order valence-corrected chi connectivity index (χ0v) is 15.3. The summed E-state index contributed by atoms with van der Waals surface area (Å²) >= 11 is 0. The summed E-state index contributed by atoms with van der Waals surface area (Å²) in [4.78, 5) is 17.0. The van der Waals surface area contributed by atoms with Crippen LogP contribution < -0.4 is 5.32 Å². The van der Waals surface area contributed by atoms with Crippen molar-refractivity contribution in [2.24, 2.45) is 0 Å². The molecule has 1 N–H and O–H groups in total. The first kappa shape index (κ1) is 17.4. The zero-order valence-electron chi connectivity index (χ0n) is 15.3. The van der Waals surface area contributed by atoms with Gasteiger partial charge in [-0.05, 0) is 36.8 Å². The van der Waals surface area contributed by atoms with Gasteiger partial charge < -0.3 is 5.32 Å². The fourth-order valence-corrected chi connectivity index (χ4v) is 3.29. The van der Waals surface area contributed by atoms with E-state index < -0.39 is 0 Å². The highest BCUT2D eigenvalue weighted by Crippen LogP contribution is 2.20. The van der Waals surface area contributed by atoms with Gasteiger partial charge in [-0.15, -0.1) is 0 Å². The van der Waals surface area contributed by atoms with Crippen LogP contribution in [0.15, 0.2) is 24.3 Å². The molecule has 24 heavy (non-hydrogen) atoms. The van der Waals surface area contributed by atoms with Crippen LogP contribution in [0.5, 0.6) is 0 Å². The number of rotatable bonds is 6. The Hall–Kier alpha value is -1.39. The van der Waals surface area contributed by atoms with E-state index in [9.17, 15) is 4.79 Å². The molecule has 4 nitrogen and oxygen atoms in total. The molecule has 1 aromatic rings. The van der Waals surface area contributed by atoms with Gasteiger partial charge >= 0.3 is 0 Å². The predicted molar refractivity (Wildman–Crippen MR) is 98.0 cm³/mol. The molecule has 2 fully saturated rings. The summed E-state index contributed by atoms with van der Waals surface area (Å²) in [5, 5.41) is 3.12. The van der Waals surface area contributed by atoms with Crippen LogP contribution in [-0.2, 0) is 11.3 Å². The molecule has 0 radical (unpaired) electrons. The Morgan fingerprint density at radius 2 is 1.71 bits per heavy atom. The number of nitrogens with one attached hydrogen (secondary N) is 1. The van der Waals surface area contributed by atoms with Crippen molar-refractivity contribution in [3.8, 4) is 0 Å². The minimum absolute atomic E-state index is 0.00178. The lowest BCUT2D eigenvalue weighted by Crippen LogP contribution is -2.53. The molecule has 0 spiro atoms. The van der Waals surface area contributed by atoms with Crippen molar-refractivity contribution in [2.75, 3.05) is 26.2 Å². The molecule has 0 aromatic heterocycles. The SMILES string of the molecule is CC(C)c1ccc(CN2CCN([C@H](C)C(=O)NC3CC3)CC2)cc1. The number of piperazine rings is 1. The smallest absolute Gasteiger partial charge is 0.237 e. The van der Waals surface area contributed by atoms with Crippen LogP contribution in [-0.4, -0.2) is 54.0 Å². The number of hydrogen-bond donors (Lipinski definition) is 1. The second-order valence-electron chi connectivity index (χ2n) is 7.67. The first-order chi connectivity index (χ1) is 11.5. The van der Waals surface area contributed by atoms with Gasteiger partial charge in [-0.25, -0.2) is 0 Å². The molecule has 1 aliphatic carbocycles. The van der Waals surface area contributed by atoms with E-state index in [4.69, 9.17) is 0 Å². The molecular formula is C20H31N3O. The zero-order chi connectivity index (χ0) is 17.1. The predicted octanol–water partition coefficient (Wildman–Crippen LogP) is 2.59. The van der Waals surface area contributed by atoms with E-state index in [0.717, 1.165) is 45.6 Å². The van der Waals surface area contributed by atoms with E-state index in [1.807, 2.05) is 6.92 Å². The molecule has 3 rings (SSSR count). The van der Waals surface area contributed by atoms with Gasteiger partial charge in [0.15, 0.2) is 0 Å². The van der Waals surface area contributed by atoms with Crippen molar-refractivity contribution >= 4 is 5.91 Å². The first-order valence-corrected chi connectivity index (χ1v) is 9.38. The lowest BCUT2D eigenvalue weighted by molar-refractivity contribution is -0.126. The standard InChI is InChI=1S/C20H31N3O/c1-15(2)18-6-4-17(5-7-18)14-22-10-12-23(13-11-22)16(3)20(24)21-19-8-9-19/h4-7,15-16,19H,8-14H2,1-3H3,(H,21,24)/t16-/m1/s1. The Morgan fingerprint density at radius 3 is 2.25 bits per heavy atom. The summed E-state index contributed by atoms with van der Waals surface area (Å²) in [6.07, 6.45) is 2.31. The van der Waals surface area contributed by atoms with Crippen LogP contribution in [0.4, 0.5) is 0 Å². The van der Waals surface area contributed by atoms with Crippen molar-refractivity contribution in [1.82, 2.24) is 15.1 Å². The molecule has 132 valence electrons. The topological polar surface area (TPSA) is 35.6 Å². The number of benzene rings is 1. The monoisotopic (exact) mass is 329 g/mol.